The van der Waals surface area contributed by atoms with E-state index in [2.05, 4.69) is 30.2 Å². The number of aromatic nitrogens is 8. The Balaban J connectivity index is 1.19. The van der Waals surface area contributed by atoms with Gasteiger partial charge in [-0.3, -0.25) is 9.78 Å². The predicted octanol–water partition coefficient (Wildman–Crippen LogP) is -2.07. The summed E-state index contributed by atoms with van der Waals surface area (Å²) in [5, 5.41) is 27.9. The Kier molecular flexibility index (Phi) is 7.40. The number of aliphatic hydroxyl groups is 2. The van der Waals surface area contributed by atoms with Crippen molar-refractivity contribution in [2.24, 2.45) is 0 Å². The quantitative estimate of drug-likeness (QED) is 0.131. The summed E-state index contributed by atoms with van der Waals surface area (Å²) >= 11 is 4.94. The van der Waals surface area contributed by atoms with Gasteiger partial charge in [-0.25, -0.2) is 18.7 Å². The van der Waals surface area contributed by atoms with E-state index in [1.165, 1.54) is 17.1 Å². The number of rotatable bonds is 8. The fourth-order valence-corrected chi connectivity index (χ4v) is 6.17. The minimum Gasteiger partial charge on any atom is -0.780 e. The highest BCUT2D eigenvalue weighted by molar-refractivity contribution is 8.06. The topological polar surface area (TPSA) is 260 Å². The zero-order valence-electron chi connectivity index (χ0n) is 21.0. The van der Waals surface area contributed by atoms with Crippen LogP contribution in [0, 0.1) is 0 Å². The van der Waals surface area contributed by atoms with Crippen molar-refractivity contribution in [3.05, 3.63) is 28.9 Å². The molecule has 2 aliphatic heterocycles. The summed E-state index contributed by atoms with van der Waals surface area (Å²) < 4.78 is 54.2. The Bertz CT molecular complexity index is 1740. The second-order valence-corrected chi connectivity index (χ2v) is 12.1. The van der Waals surface area contributed by atoms with Crippen LogP contribution in [0.25, 0.3) is 22.2 Å². The lowest BCUT2D eigenvalue weighted by Gasteiger charge is -2.33. The van der Waals surface area contributed by atoms with Crippen LogP contribution in [-0.2, 0) is 30.3 Å². The van der Waals surface area contributed by atoms with E-state index in [4.69, 9.17) is 41.8 Å². The molecule has 7 N–H and O–H groups in total. The van der Waals surface area contributed by atoms with E-state index in [-0.39, 0.29) is 28.6 Å². The lowest BCUT2D eigenvalue weighted by Crippen LogP contribution is -2.35. The maximum atomic E-state index is 15.3. The molecule has 2 aliphatic rings. The molecule has 0 spiro atoms. The number of nitrogens with zero attached hydrogens (tertiary/aromatic N) is 7. The molecule has 18 nitrogen and oxygen atoms in total. The second kappa shape index (κ2) is 10.8. The van der Waals surface area contributed by atoms with Crippen molar-refractivity contribution in [3.8, 4) is 0 Å². The van der Waals surface area contributed by atoms with Crippen LogP contribution in [0.4, 0.5) is 20.5 Å². The fourth-order valence-electron chi connectivity index (χ4n) is 4.79. The highest BCUT2D eigenvalue weighted by Gasteiger charge is 2.50. The molecule has 0 saturated carbocycles. The highest BCUT2D eigenvalue weighted by atomic mass is 32.5. The number of hydrogen-bond donors (Lipinski definition) is 5. The largest absolute Gasteiger partial charge is 0.780 e. The van der Waals surface area contributed by atoms with Crippen LogP contribution in [0.5, 0.6) is 0 Å². The number of nitrogens with two attached hydrogens (primary N) is 2. The van der Waals surface area contributed by atoms with E-state index in [1.54, 1.807) is 6.07 Å². The Morgan fingerprint density at radius 2 is 1.95 bits per heavy atom. The first-order valence-corrected chi connectivity index (χ1v) is 14.7. The monoisotopic (exact) mass is 631 g/mol. The molecule has 226 valence electrons. The molecule has 9 atom stereocenters. The van der Waals surface area contributed by atoms with E-state index < -0.39 is 74.7 Å². The first-order chi connectivity index (χ1) is 20.0. The van der Waals surface area contributed by atoms with Crippen molar-refractivity contribution in [2.45, 2.75) is 49.2 Å². The predicted molar refractivity (Wildman–Crippen MR) is 138 cm³/mol. The summed E-state index contributed by atoms with van der Waals surface area (Å²) in [4.78, 5) is 39.4. The van der Waals surface area contributed by atoms with Crippen molar-refractivity contribution < 1.29 is 42.4 Å². The maximum Gasteiger partial charge on any atom is 0.282 e. The van der Waals surface area contributed by atoms with E-state index >= 15 is 8.78 Å². The third-order valence-corrected chi connectivity index (χ3v) is 8.34. The van der Waals surface area contributed by atoms with Gasteiger partial charge in [0, 0.05) is 6.20 Å². The third kappa shape index (κ3) is 4.91. The van der Waals surface area contributed by atoms with Gasteiger partial charge >= 0.3 is 0 Å². The van der Waals surface area contributed by atoms with Gasteiger partial charge < -0.3 is 49.7 Å². The molecule has 6 rings (SSSR count). The molecule has 22 heteroatoms. The Hall–Kier alpha value is -3.27. The number of nitrogens with one attached hydrogen (secondary N) is 1. The van der Waals surface area contributed by atoms with Crippen molar-refractivity contribution in [1.29, 1.82) is 0 Å². The Labute approximate surface area is 237 Å². The fraction of sp³-hybridized carbons (Fsp3) is 0.500. The molecule has 1 unspecified atom stereocenters. The number of hydrogen-bond acceptors (Lipinski definition) is 16. The normalized spacial score (nSPS) is 31.3. The number of aromatic amines is 1. The second-order valence-electron chi connectivity index (χ2n) is 9.38. The summed E-state index contributed by atoms with van der Waals surface area (Å²) in [6.45, 7) is -6.13. The van der Waals surface area contributed by atoms with Gasteiger partial charge in [0.25, 0.3) is 5.56 Å². The van der Waals surface area contributed by atoms with E-state index in [9.17, 15) is 19.9 Å². The molecule has 0 aliphatic carbocycles. The van der Waals surface area contributed by atoms with Crippen LogP contribution < -0.4 is 21.9 Å². The number of H-pyrrole nitrogens is 1. The standard InChI is InChI=1S/C20H23F2N10O8PS/c21-9-7(3-33)38-19(32-16-11(29-30-32)17(35)28-20(24)27-16)13(9)40-41(36,42)37-4-8-12(34)10(22)18(39-8)31-2-1-6-14(23)25-5-26-15(6)31/h1-2,5,7-10,12-13,18-19,33-34H,3-4H2,(H,36,42)(H2,23,25,26)(H3,24,27,28,35)/p-1/t7-,8-,9+,10+,12-,13-,18-,19-,41?/m1/s1. The van der Waals surface area contributed by atoms with Gasteiger partial charge in [-0.15, -0.1) is 5.10 Å². The zero-order valence-corrected chi connectivity index (χ0v) is 22.7. The molecule has 0 bridgehead atoms. The van der Waals surface area contributed by atoms with Gasteiger partial charge in [0.05, 0.1) is 18.6 Å². The van der Waals surface area contributed by atoms with Crippen LogP contribution in [-0.4, -0.2) is 99.7 Å². The molecule has 0 aromatic carbocycles. The van der Waals surface area contributed by atoms with E-state index in [0.29, 0.717) is 5.39 Å². The highest BCUT2D eigenvalue weighted by Crippen LogP contribution is 2.48. The lowest BCUT2D eigenvalue weighted by molar-refractivity contribution is -0.218. The van der Waals surface area contributed by atoms with Crippen molar-refractivity contribution >= 4 is 52.5 Å². The van der Waals surface area contributed by atoms with Crippen molar-refractivity contribution in [1.82, 2.24) is 39.5 Å². The van der Waals surface area contributed by atoms with Crippen LogP contribution in [0.2, 0.25) is 0 Å². The van der Waals surface area contributed by atoms with Crippen LogP contribution in [0.15, 0.2) is 23.4 Å². The van der Waals surface area contributed by atoms with Gasteiger partial charge in [0.2, 0.25) is 5.95 Å². The van der Waals surface area contributed by atoms with Crippen molar-refractivity contribution in [2.75, 3.05) is 24.7 Å². The number of fused-ring (bicyclic) bond motifs is 2. The average molecular weight is 631 g/mol. The summed E-state index contributed by atoms with van der Waals surface area (Å²) in [6, 6.07) is 1.55. The van der Waals surface area contributed by atoms with E-state index in [0.717, 1.165) is 4.68 Å². The minimum absolute atomic E-state index is 0.158. The molecule has 42 heavy (non-hydrogen) atoms. The number of anilines is 2. The van der Waals surface area contributed by atoms with Crippen LogP contribution in [0.3, 0.4) is 0 Å². The molecular formula is C20H22F2N10O8PS-. The zero-order chi connectivity index (χ0) is 29.9. The van der Waals surface area contributed by atoms with Crippen LogP contribution >= 0.6 is 6.72 Å². The Morgan fingerprint density at radius 3 is 2.71 bits per heavy atom. The van der Waals surface area contributed by atoms with E-state index in [1.807, 2.05) is 0 Å². The van der Waals surface area contributed by atoms with Crippen LogP contribution in [0.1, 0.15) is 12.5 Å². The lowest BCUT2D eigenvalue weighted by atomic mass is 10.1. The summed E-state index contributed by atoms with van der Waals surface area (Å²) in [5.41, 5.74) is 10.4. The molecule has 2 saturated heterocycles. The SMILES string of the molecule is Nc1nc2c(nnn2[C@@H]2O[C@H](CO)[C@H](F)[C@H]2OP([O-])(=S)OC[C@H]2O[C@@H](n3ccc4c(N)ncnc43)[C@@H](F)[C@@H]2O)c(=O)[nH]1. The number of halogens is 2. The Morgan fingerprint density at radius 1 is 1.19 bits per heavy atom. The first-order valence-electron chi connectivity index (χ1n) is 12.2. The van der Waals surface area contributed by atoms with Gasteiger partial charge in [0.15, 0.2) is 36.0 Å². The number of alkyl halides is 2. The van der Waals surface area contributed by atoms with Gasteiger partial charge in [-0.1, -0.05) is 17.0 Å². The third-order valence-electron chi connectivity index (χ3n) is 6.79. The average Bonchev–Trinajstić information content (AvgIpc) is 3.69. The summed E-state index contributed by atoms with van der Waals surface area (Å²) in [6.07, 6.45) is -10.8. The molecule has 4 aromatic heterocycles. The molecule has 2 fully saturated rings. The van der Waals surface area contributed by atoms with Gasteiger partial charge in [0.1, 0.15) is 48.9 Å². The first kappa shape index (κ1) is 28.8. The molecular weight excluding hydrogens is 609 g/mol. The maximum absolute atomic E-state index is 15.3. The van der Waals surface area contributed by atoms with Crippen molar-refractivity contribution in [3.63, 3.8) is 0 Å². The number of nitrogen functional groups attached to an aromatic ring is 2. The smallest absolute Gasteiger partial charge is 0.282 e. The minimum atomic E-state index is -4.61. The van der Waals surface area contributed by atoms with Gasteiger partial charge in [-0.2, -0.15) is 9.67 Å². The summed E-state index contributed by atoms with van der Waals surface area (Å²) in [7, 11) is 0. The molecule has 0 radical (unpaired) electrons. The molecule has 4 aromatic rings. The van der Waals surface area contributed by atoms with Gasteiger partial charge in [-0.05, 0) is 6.07 Å². The number of aliphatic hydroxyl groups excluding tert-OH is 2. The number of ether oxygens (including phenoxy) is 2. The summed E-state index contributed by atoms with van der Waals surface area (Å²) in [5.74, 6) is -0.145. The molecule has 6 heterocycles. The molecule has 0 amide bonds.